The summed E-state index contributed by atoms with van der Waals surface area (Å²) in [6, 6.07) is -1.51. The van der Waals surface area contributed by atoms with Gasteiger partial charge in [0.2, 0.25) is 11.8 Å². The second-order valence-corrected chi connectivity index (χ2v) is 8.24. The number of hydrogen-bond donors (Lipinski definition) is 2. The van der Waals surface area contributed by atoms with Crippen molar-refractivity contribution in [3.8, 4) is 0 Å². The lowest BCUT2D eigenvalue weighted by Crippen LogP contribution is -2.54. The maximum atomic E-state index is 12.7. The standard InChI is InChI=1S/C21H38N2O6/c1-8-11-15(20(27)28-7)22-19(26)18(14(3)9-2)23-16(24)12-10-13-17(25)29-21(4,5)6/h14-15,18H,8-13H2,1-7H3,(H,22,26)(H,23,24)/t14?,15-,18-/m0/s1. The molecule has 0 saturated heterocycles. The number of amides is 2. The predicted octanol–water partition coefficient (Wildman–Crippen LogP) is 2.49. The van der Waals surface area contributed by atoms with Gasteiger partial charge in [-0.05, 0) is 39.5 Å². The number of ether oxygens (including phenoxy) is 2. The molecule has 1 unspecified atom stereocenters. The highest BCUT2D eigenvalue weighted by atomic mass is 16.6. The highest BCUT2D eigenvalue weighted by molar-refractivity contribution is 5.91. The van der Waals surface area contributed by atoms with E-state index >= 15 is 0 Å². The molecule has 0 aromatic rings. The molecule has 0 spiro atoms. The SMILES string of the molecule is CCC[C@H](NC(=O)[C@@H](NC(=O)CCCC(=O)OC(C)(C)C)C(C)CC)C(=O)OC. The molecule has 168 valence electrons. The summed E-state index contributed by atoms with van der Waals surface area (Å²) in [6.45, 7) is 11.0. The number of methoxy groups -OCH3 is 1. The molecule has 0 rings (SSSR count). The number of nitrogens with one attached hydrogen (secondary N) is 2. The van der Waals surface area contributed by atoms with Crippen molar-refractivity contribution in [2.75, 3.05) is 7.11 Å². The second-order valence-electron chi connectivity index (χ2n) is 8.24. The average molecular weight is 415 g/mol. The fraction of sp³-hybridized carbons (Fsp3) is 0.810. The van der Waals surface area contributed by atoms with Gasteiger partial charge in [-0.25, -0.2) is 4.79 Å². The smallest absolute Gasteiger partial charge is 0.328 e. The Morgan fingerprint density at radius 1 is 1.00 bits per heavy atom. The van der Waals surface area contributed by atoms with Crippen molar-refractivity contribution < 1.29 is 28.7 Å². The van der Waals surface area contributed by atoms with Crippen LogP contribution in [0.5, 0.6) is 0 Å². The summed E-state index contributed by atoms with van der Waals surface area (Å²) in [5.74, 6) is -1.72. The Bertz CT molecular complexity index is 556. The molecule has 0 aliphatic rings. The number of esters is 2. The first-order valence-corrected chi connectivity index (χ1v) is 10.3. The molecule has 8 nitrogen and oxygen atoms in total. The van der Waals surface area contributed by atoms with Gasteiger partial charge in [-0.3, -0.25) is 14.4 Å². The fourth-order valence-corrected chi connectivity index (χ4v) is 2.67. The van der Waals surface area contributed by atoms with Crippen LogP contribution in [-0.4, -0.2) is 48.5 Å². The minimum atomic E-state index is -0.766. The van der Waals surface area contributed by atoms with Gasteiger partial charge in [-0.15, -0.1) is 0 Å². The van der Waals surface area contributed by atoms with Crippen LogP contribution in [0.2, 0.25) is 0 Å². The van der Waals surface area contributed by atoms with Gasteiger partial charge in [-0.2, -0.15) is 0 Å². The number of carbonyl (C=O) groups is 4. The van der Waals surface area contributed by atoms with Crippen LogP contribution >= 0.6 is 0 Å². The van der Waals surface area contributed by atoms with E-state index in [0.717, 1.165) is 0 Å². The summed E-state index contributed by atoms with van der Waals surface area (Å²) in [5, 5.41) is 5.43. The molecule has 29 heavy (non-hydrogen) atoms. The molecule has 8 heteroatoms. The van der Waals surface area contributed by atoms with Gasteiger partial charge in [0.15, 0.2) is 0 Å². The molecule has 0 radical (unpaired) electrons. The van der Waals surface area contributed by atoms with Crippen LogP contribution in [0.4, 0.5) is 0 Å². The van der Waals surface area contributed by atoms with Crippen molar-refractivity contribution in [3.05, 3.63) is 0 Å². The maximum Gasteiger partial charge on any atom is 0.328 e. The third-order valence-corrected chi connectivity index (χ3v) is 4.40. The molecule has 0 aliphatic carbocycles. The van der Waals surface area contributed by atoms with Gasteiger partial charge >= 0.3 is 11.9 Å². The Hall–Kier alpha value is -2.12. The van der Waals surface area contributed by atoms with Crippen LogP contribution < -0.4 is 10.6 Å². The largest absolute Gasteiger partial charge is 0.467 e. The summed E-state index contributed by atoms with van der Waals surface area (Å²) in [4.78, 5) is 48.6. The Kier molecular flexibility index (Phi) is 12.2. The molecular weight excluding hydrogens is 376 g/mol. The van der Waals surface area contributed by atoms with E-state index in [0.29, 0.717) is 25.7 Å². The van der Waals surface area contributed by atoms with E-state index in [2.05, 4.69) is 10.6 Å². The van der Waals surface area contributed by atoms with E-state index in [9.17, 15) is 19.2 Å². The fourth-order valence-electron chi connectivity index (χ4n) is 2.67. The minimum Gasteiger partial charge on any atom is -0.467 e. The Morgan fingerprint density at radius 3 is 2.10 bits per heavy atom. The number of carbonyl (C=O) groups excluding carboxylic acids is 4. The van der Waals surface area contributed by atoms with Crippen molar-refractivity contribution in [2.45, 2.75) is 97.8 Å². The van der Waals surface area contributed by atoms with Crippen molar-refractivity contribution in [3.63, 3.8) is 0 Å². The molecule has 0 bridgehead atoms. The van der Waals surface area contributed by atoms with E-state index in [1.807, 2.05) is 20.8 Å². The molecular formula is C21H38N2O6. The van der Waals surface area contributed by atoms with Gasteiger partial charge in [0.25, 0.3) is 0 Å². The van der Waals surface area contributed by atoms with Gasteiger partial charge in [0, 0.05) is 12.8 Å². The van der Waals surface area contributed by atoms with E-state index in [-0.39, 0.29) is 30.6 Å². The van der Waals surface area contributed by atoms with Crippen molar-refractivity contribution >= 4 is 23.8 Å². The van der Waals surface area contributed by atoms with Crippen molar-refractivity contribution in [2.24, 2.45) is 5.92 Å². The summed E-state index contributed by atoms with van der Waals surface area (Å²) in [6.07, 6.45) is 2.39. The molecule has 2 amide bonds. The third-order valence-electron chi connectivity index (χ3n) is 4.40. The van der Waals surface area contributed by atoms with Crippen molar-refractivity contribution in [1.29, 1.82) is 0 Å². The monoisotopic (exact) mass is 414 g/mol. The van der Waals surface area contributed by atoms with Crippen LogP contribution in [-0.2, 0) is 28.7 Å². The third kappa shape index (κ3) is 11.5. The molecule has 2 N–H and O–H groups in total. The van der Waals surface area contributed by atoms with E-state index in [1.165, 1.54) is 7.11 Å². The topological polar surface area (TPSA) is 111 Å². The number of rotatable bonds is 12. The highest BCUT2D eigenvalue weighted by Crippen LogP contribution is 2.12. The molecule has 0 aromatic carbocycles. The summed E-state index contributed by atoms with van der Waals surface area (Å²) >= 11 is 0. The summed E-state index contributed by atoms with van der Waals surface area (Å²) in [5.41, 5.74) is -0.562. The van der Waals surface area contributed by atoms with Crippen LogP contribution in [0.15, 0.2) is 0 Å². The lowest BCUT2D eigenvalue weighted by molar-refractivity contribution is -0.155. The predicted molar refractivity (Wildman–Crippen MR) is 110 cm³/mol. The number of hydrogen-bond acceptors (Lipinski definition) is 6. The van der Waals surface area contributed by atoms with Gasteiger partial charge < -0.3 is 20.1 Å². The highest BCUT2D eigenvalue weighted by Gasteiger charge is 2.29. The first kappa shape index (κ1) is 26.9. The Labute approximate surface area is 174 Å². The first-order chi connectivity index (χ1) is 13.4. The molecule has 3 atom stereocenters. The summed E-state index contributed by atoms with van der Waals surface area (Å²) < 4.78 is 9.95. The summed E-state index contributed by atoms with van der Waals surface area (Å²) in [7, 11) is 1.27. The van der Waals surface area contributed by atoms with Crippen LogP contribution in [0, 0.1) is 5.92 Å². The zero-order valence-electron chi connectivity index (χ0n) is 18.9. The molecule has 0 heterocycles. The molecule has 0 fully saturated rings. The van der Waals surface area contributed by atoms with Gasteiger partial charge in [0.05, 0.1) is 7.11 Å². The Balaban J connectivity index is 4.81. The lowest BCUT2D eigenvalue weighted by Gasteiger charge is -2.26. The molecule has 0 saturated carbocycles. The second kappa shape index (κ2) is 13.2. The molecule has 0 aromatic heterocycles. The van der Waals surface area contributed by atoms with E-state index in [1.54, 1.807) is 20.8 Å². The quantitative estimate of drug-likeness (QED) is 0.475. The van der Waals surface area contributed by atoms with Crippen LogP contribution in [0.3, 0.4) is 0 Å². The zero-order chi connectivity index (χ0) is 22.6. The van der Waals surface area contributed by atoms with Crippen molar-refractivity contribution in [1.82, 2.24) is 10.6 Å². The molecule has 0 aliphatic heterocycles. The minimum absolute atomic E-state index is 0.106. The lowest BCUT2D eigenvalue weighted by atomic mass is 9.97. The van der Waals surface area contributed by atoms with Crippen LogP contribution in [0.1, 0.15) is 80.1 Å². The van der Waals surface area contributed by atoms with E-state index < -0.39 is 29.6 Å². The average Bonchev–Trinajstić information content (AvgIpc) is 2.62. The van der Waals surface area contributed by atoms with Crippen LogP contribution in [0.25, 0.3) is 0 Å². The normalized spacial score (nSPS) is 14.3. The van der Waals surface area contributed by atoms with E-state index in [4.69, 9.17) is 9.47 Å². The van der Waals surface area contributed by atoms with Gasteiger partial charge in [-0.1, -0.05) is 33.6 Å². The zero-order valence-corrected chi connectivity index (χ0v) is 18.9. The maximum absolute atomic E-state index is 12.7. The Morgan fingerprint density at radius 2 is 1.62 bits per heavy atom. The first-order valence-electron chi connectivity index (χ1n) is 10.3. The van der Waals surface area contributed by atoms with Gasteiger partial charge in [0.1, 0.15) is 17.7 Å².